The lowest BCUT2D eigenvalue weighted by Gasteiger charge is -2.11. The monoisotopic (exact) mass is 211 g/mol. The van der Waals surface area contributed by atoms with E-state index in [1.807, 2.05) is 25.1 Å². The molecule has 0 bridgehead atoms. The second-order valence-electron chi connectivity index (χ2n) is 3.89. The summed E-state index contributed by atoms with van der Waals surface area (Å²) in [5.74, 6) is 0.392. The third-order valence-corrected chi connectivity index (χ3v) is 2.85. The zero-order valence-electron chi connectivity index (χ0n) is 8.13. The Morgan fingerprint density at radius 2 is 2.43 bits per heavy atom. The Morgan fingerprint density at radius 1 is 1.64 bits per heavy atom. The van der Waals surface area contributed by atoms with E-state index in [2.05, 4.69) is 5.32 Å². The maximum absolute atomic E-state index is 9.35. The van der Waals surface area contributed by atoms with Crippen LogP contribution in [0.15, 0.2) is 18.2 Å². The second-order valence-corrected chi connectivity index (χ2v) is 4.33. The van der Waals surface area contributed by atoms with E-state index < -0.39 is 0 Å². The number of rotatable bonds is 2. The van der Waals surface area contributed by atoms with E-state index in [-0.39, 0.29) is 6.10 Å². The fourth-order valence-electron chi connectivity index (χ4n) is 2.00. The number of hydrogen-bond acceptors (Lipinski definition) is 2. The zero-order valence-corrected chi connectivity index (χ0v) is 8.88. The molecular weight excluding hydrogens is 198 g/mol. The lowest BCUT2D eigenvalue weighted by atomic mass is 9.96. The van der Waals surface area contributed by atoms with Gasteiger partial charge in [-0.05, 0) is 37.1 Å². The number of halogens is 1. The normalized spacial score (nSPS) is 21.5. The molecule has 1 aromatic carbocycles. The topological polar surface area (TPSA) is 32.3 Å². The van der Waals surface area contributed by atoms with E-state index in [1.165, 1.54) is 5.56 Å². The smallest absolute Gasteiger partial charge is 0.0518 e. The number of benzene rings is 1. The van der Waals surface area contributed by atoms with Gasteiger partial charge in [-0.15, -0.1) is 0 Å². The Morgan fingerprint density at radius 3 is 3.14 bits per heavy atom. The highest BCUT2D eigenvalue weighted by molar-refractivity contribution is 6.30. The molecule has 2 nitrogen and oxygen atoms in total. The molecule has 3 heteroatoms. The van der Waals surface area contributed by atoms with Crippen LogP contribution in [0.4, 0.5) is 5.69 Å². The third kappa shape index (κ3) is 1.86. The van der Waals surface area contributed by atoms with Crippen LogP contribution in [-0.4, -0.2) is 17.8 Å². The molecule has 14 heavy (non-hydrogen) atoms. The molecule has 0 radical (unpaired) electrons. The highest BCUT2D eigenvalue weighted by Gasteiger charge is 2.23. The molecule has 1 aliphatic rings. The van der Waals surface area contributed by atoms with Crippen LogP contribution in [0, 0.1) is 0 Å². The maximum atomic E-state index is 9.35. The van der Waals surface area contributed by atoms with Gasteiger partial charge in [0.05, 0.1) is 6.10 Å². The Hall–Kier alpha value is -0.730. The van der Waals surface area contributed by atoms with Crippen molar-refractivity contribution in [2.75, 3.05) is 11.9 Å². The lowest BCUT2D eigenvalue weighted by molar-refractivity contribution is 0.176. The van der Waals surface area contributed by atoms with Crippen LogP contribution in [0.1, 0.15) is 24.8 Å². The van der Waals surface area contributed by atoms with E-state index >= 15 is 0 Å². The van der Waals surface area contributed by atoms with Gasteiger partial charge in [-0.2, -0.15) is 0 Å². The molecule has 0 fully saturated rings. The average Bonchev–Trinajstić information content (AvgIpc) is 2.47. The molecule has 0 saturated carbocycles. The highest BCUT2D eigenvalue weighted by atomic mass is 35.5. The van der Waals surface area contributed by atoms with Crippen molar-refractivity contribution < 1.29 is 5.11 Å². The highest BCUT2D eigenvalue weighted by Crippen LogP contribution is 2.35. The summed E-state index contributed by atoms with van der Waals surface area (Å²) in [7, 11) is 0. The summed E-state index contributed by atoms with van der Waals surface area (Å²) in [6, 6.07) is 5.88. The maximum Gasteiger partial charge on any atom is 0.0518 e. The van der Waals surface area contributed by atoms with Gasteiger partial charge in [-0.25, -0.2) is 0 Å². The van der Waals surface area contributed by atoms with Gasteiger partial charge in [0.2, 0.25) is 0 Å². The minimum Gasteiger partial charge on any atom is -0.393 e. The Labute approximate surface area is 88.9 Å². The van der Waals surface area contributed by atoms with Gasteiger partial charge in [-0.3, -0.25) is 0 Å². The molecule has 2 N–H and O–H groups in total. The summed E-state index contributed by atoms with van der Waals surface area (Å²) >= 11 is 5.93. The van der Waals surface area contributed by atoms with Gasteiger partial charge in [0.15, 0.2) is 0 Å². The van der Waals surface area contributed by atoms with Crippen LogP contribution in [0.2, 0.25) is 5.02 Å². The van der Waals surface area contributed by atoms with Crippen molar-refractivity contribution in [1.82, 2.24) is 0 Å². The number of nitrogens with one attached hydrogen (secondary N) is 1. The lowest BCUT2D eigenvalue weighted by Crippen LogP contribution is -2.10. The van der Waals surface area contributed by atoms with Gasteiger partial charge < -0.3 is 10.4 Å². The largest absolute Gasteiger partial charge is 0.393 e. The molecule has 0 amide bonds. The summed E-state index contributed by atoms with van der Waals surface area (Å²) in [5.41, 5.74) is 2.39. The van der Waals surface area contributed by atoms with Crippen molar-refractivity contribution >= 4 is 17.3 Å². The van der Waals surface area contributed by atoms with E-state index in [4.69, 9.17) is 11.6 Å². The number of hydrogen-bond donors (Lipinski definition) is 2. The Kier molecular flexibility index (Phi) is 2.66. The first-order valence-electron chi connectivity index (χ1n) is 4.88. The molecule has 0 aromatic heterocycles. The van der Waals surface area contributed by atoms with Crippen molar-refractivity contribution in [2.24, 2.45) is 0 Å². The van der Waals surface area contributed by atoms with E-state index in [9.17, 15) is 5.11 Å². The van der Waals surface area contributed by atoms with Crippen molar-refractivity contribution in [3.63, 3.8) is 0 Å². The van der Waals surface area contributed by atoms with Gasteiger partial charge in [0.1, 0.15) is 0 Å². The Balaban J connectivity index is 2.24. The average molecular weight is 212 g/mol. The molecule has 1 aromatic rings. The van der Waals surface area contributed by atoms with Crippen LogP contribution in [0.5, 0.6) is 0 Å². The minimum absolute atomic E-state index is 0.258. The van der Waals surface area contributed by atoms with Crippen molar-refractivity contribution in [3.05, 3.63) is 28.8 Å². The molecule has 1 aliphatic heterocycles. The summed E-state index contributed by atoms with van der Waals surface area (Å²) < 4.78 is 0. The summed E-state index contributed by atoms with van der Waals surface area (Å²) in [5, 5.41) is 13.4. The molecule has 1 heterocycles. The Bertz CT molecular complexity index is 338. The molecule has 2 unspecified atom stereocenters. The molecular formula is C11H14ClNO. The molecule has 2 atom stereocenters. The first-order chi connectivity index (χ1) is 6.66. The van der Waals surface area contributed by atoms with E-state index in [0.717, 1.165) is 23.7 Å². The van der Waals surface area contributed by atoms with Crippen molar-refractivity contribution in [1.29, 1.82) is 0 Å². The summed E-state index contributed by atoms with van der Waals surface area (Å²) in [4.78, 5) is 0. The predicted octanol–water partition coefficient (Wildman–Crippen LogP) is 2.62. The van der Waals surface area contributed by atoms with Crippen LogP contribution in [-0.2, 0) is 0 Å². The standard InChI is InChI=1S/C11H14ClNO/c1-7(14)4-8-6-13-11-3-2-9(12)5-10(8)11/h2-3,5,7-8,13-14H,4,6H2,1H3. The molecule has 0 aliphatic carbocycles. The number of aliphatic hydroxyl groups is 1. The molecule has 2 rings (SSSR count). The van der Waals surface area contributed by atoms with Crippen molar-refractivity contribution in [3.8, 4) is 0 Å². The summed E-state index contributed by atoms with van der Waals surface area (Å²) in [6.45, 7) is 2.73. The van der Waals surface area contributed by atoms with E-state index in [1.54, 1.807) is 0 Å². The van der Waals surface area contributed by atoms with Crippen LogP contribution < -0.4 is 5.32 Å². The fourth-order valence-corrected chi connectivity index (χ4v) is 2.18. The number of aliphatic hydroxyl groups excluding tert-OH is 1. The minimum atomic E-state index is -0.258. The van der Waals surface area contributed by atoms with Crippen molar-refractivity contribution in [2.45, 2.75) is 25.4 Å². The number of anilines is 1. The molecule has 0 spiro atoms. The predicted molar refractivity (Wildman–Crippen MR) is 59.0 cm³/mol. The second kappa shape index (κ2) is 3.79. The SMILES string of the molecule is CC(O)CC1CNc2ccc(Cl)cc21. The fraction of sp³-hybridized carbons (Fsp3) is 0.455. The summed E-state index contributed by atoms with van der Waals surface area (Å²) in [6.07, 6.45) is 0.534. The van der Waals surface area contributed by atoms with Gasteiger partial charge in [0, 0.05) is 23.2 Å². The zero-order chi connectivity index (χ0) is 10.1. The van der Waals surface area contributed by atoms with Crippen LogP contribution >= 0.6 is 11.6 Å². The quantitative estimate of drug-likeness (QED) is 0.788. The van der Waals surface area contributed by atoms with Gasteiger partial charge >= 0.3 is 0 Å². The number of fused-ring (bicyclic) bond motifs is 1. The van der Waals surface area contributed by atoms with E-state index in [0.29, 0.717) is 5.92 Å². The van der Waals surface area contributed by atoms with Gasteiger partial charge in [-0.1, -0.05) is 11.6 Å². The van der Waals surface area contributed by atoms with Crippen LogP contribution in [0.3, 0.4) is 0 Å². The third-order valence-electron chi connectivity index (χ3n) is 2.62. The van der Waals surface area contributed by atoms with Gasteiger partial charge in [0.25, 0.3) is 0 Å². The first-order valence-corrected chi connectivity index (χ1v) is 5.26. The molecule has 0 saturated heterocycles. The molecule has 76 valence electrons. The first kappa shape index (κ1) is 9.81. The van der Waals surface area contributed by atoms with Crippen LogP contribution in [0.25, 0.3) is 0 Å².